The summed E-state index contributed by atoms with van der Waals surface area (Å²) in [6, 6.07) is -0.361. The normalized spacial score (nSPS) is 26.2. The lowest BCUT2D eigenvalue weighted by Crippen LogP contribution is -2.26. The highest BCUT2D eigenvalue weighted by Gasteiger charge is 2.35. The molecule has 0 N–H and O–H groups in total. The molecule has 0 bridgehead atoms. The highest BCUT2D eigenvalue weighted by Crippen LogP contribution is 2.33. The zero-order chi connectivity index (χ0) is 7.61. The van der Waals surface area contributed by atoms with E-state index in [-0.39, 0.29) is 31.7 Å². The van der Waals surface area contributed by atoms with Crippen LogP contribution >= 0.6 is 0 Å². The molecular formula is C6H9F2NO. The number of halogens is 2. The summed E-state index contributed by atoms with van der Waals surface area (Å²) in [5, 5.41) is 2.73. The van der Waals surface area contributed by atoms with Crippen molar-refractivity contribution in [1.29, 1.82) is 0 Å². The molecule has 0 aromatic heterocycles. The van der Waals surface area contributed by atoms with Crippen LogP contribution in [0.1, 0.15) is 25.7 Å². The van der Waals surface area contributed by atoms with Crippen molar-refractivity contribution in [2.45, 2.75) is 37.6 Å². The van der Waals surface area contributed by atoms with Crippen LogP contribution in [0, 0.1) is 4.91 Å². The molecular weight excluding hydrogens is 140 g/mol. The van der Waals surface area contributed by atoms with E-state index in [0.717, 1.165) is 0 Å². The fourth-order valence-corrected chi connectivity index (χ4v) is 1.13. The number of hydrogen-bond acceptors (Lipinski definition) is 2. The van der Waals surface area contributed by atoms with Crippen molar-refractivity contribution in [3.63, 3.8) is 0 Å². The second-order valence-electron chi connectivity index (χ2n) is 2.69. The summed E-state index contributed by atoms with van der Waals surface area (Å²) in [5.74, 6) is -2.54. The van der Waals surface area contributed by atoms with Crippen molar-refractivity contribution >= 4 is 0 Å². The quantitative estimate of drug-likeness (QED) is 0.526. The van der Waals surface area contributed by atoms with Crippen molar-refractivity contribution in [3.8, 4) is 0 Å². The number of alkyl halides is 2. The molecule has 0 aromatic rings. The standard InChI is InChI=1S/C6H9F2NO/c7-6(8)3-1-5(9-10)2-4-6/h5H,1-4H2. The minimum Gasteiger partial charge on any atom is -0.207 e. The fourth-order valence-electron chi connectivity index (χ4n) is 1.13. The SMILES string of the molecule is O=NC1CCC(F)(F)CC1. The average molecular weight is 149 g/mol. The second-order valence-corrected chi connectivity index (χ2v) is 2.69. The Morgan fingerprint density at radius 1 is 1.30 bits per heavy atom. The van der Waals surface area contributed by atoms with Crippen molar-refractivity contribution in [3.05, 3.63) is 4.91 Å². The van der Waals surface area contributed by atoms with E-state index in [1.165, 1.54) is 0 Å². The molecule has 0 aliphatic heterocycles. The van der Waals surface area contributed by atoms with Crippen LogP contribution in [0.4, 0.5) is 8.78 Å². The molecule has 0 saturated heterocycles. The first-order chi connectivity index (χ1) is 4.64. The van der Waals surface area contributed by atoms with Gasteiger partial charge in [-0.1, -0.05) is 5.18 Å². The first kappa shape index (κ1) is 7.57. The third-order valence-electron chi connectivity index (χ3n) is 1.84. The maximum absolute atomic E-state index is 12.4. The van der Waals surface area contributed by atoms with Gasteiger partial charge in [0.05, 0.1) is 6.04 Å². The van der Waals surface area contributed by atoms with Gasteiger partial charge in [-0.3, -0.25) is 0 Å². The molecule has 0 heterocycles. The highest BCUT2D eigenvalue weighted by atomic mass is 19.3. The molecule has 1 rings (SSSR count). The maximum Gasteiger partial charge on any atom is 0.248 e. The monoisotopic (exact) mass is 149 g/mol. The molecule has 4 heteroatoms. The lowest BCUT2D eigenvalue weighted by atomic mass is 9.93. The molecule has 0 spiro atoms. The van der Waals surface area contributed by atoms with Crippen molar-refractivity contribution < 1.29 is 8.78 Å². The lowest BCUT2D eigenvalue weighted by molar-refractivity contribution is -0.0374. The Labute approximate surface area is 57.6 Å². The molecule has 1 saturated carbocycles. The number of hydrogen-bond donors (Lipinski definition) is 0. The average Bonchev–Trinajstić information content (AvgIpc) is 1.88. The highest BCUT2D eigenvalue weighted by molar-refractivity contribution is 4.80. The van der Waals surface area contributed by atoms with Crippen LogP contribution in [0.2, 0.25) is 0 Å². The summed E-state index contributed by atoms with van der Waals surface area (Å²) >= 11 is 0. The van der Waals surface area contributed by atoms with Gasteiger partial charge in [-0.2, -0.15) is 4.91 Å². The fraction of sp³-hybridized carbons (Fsp3) is 1.00. The molecule has 0 radical (unpaired) electrons. The first-order valence-electron chi connectivity index (χ1n) is 3.34. The smallest absolute Gasteiger partial charge is 0.207 e. The minimum atomic E-state index is -2.54. The summed E-state index contributed by atoms with van der Waals surface area (Å²) in [6.45, 7) is 0. The summed E-state index contributed by atoms with van der Waals surface area (Å²) in [7, 11) is 0. The molecule has 10 heavy (non-hydrogen) atoms. The van der Waals surface area contributed by atoms with E-state index < -0.39 is 5.92 Å². The lowest BCUT2D eigenvalue weighted by Gasteiger charge is -2.23. The third-order valence-corrected chi connectivity index (χ3v) is 1.84. The minimum absolute atomic E-state index is 0.177. The topological polar surface area (TPSA) is 29.4 Å². The van der Waals surface area contributed by atoms with Crippen LogP contribution in [0.25, 0.3) is 0 Å². The summed E-state index contributed by atoms with van der Waals surface area (Å²) in [4.78, 5) is 9.88. The van der Waals surface area contributed by atoms with Gasteiger partial charge < -0.3 is 0 Å². The van der Waals surface area contributed by atoms with Crippen LogP contribution in [-0.2, 0) is 0 Å². The third kappa shape index (κ3) is 1.72. The molecule has 0 unspecified atom stereocenters. The van der Waals surface area contributed by atoms with Crippen molar-refractivity contribution in [1.82, 2.24) is 0 Å². The van der Waals surface area contributed by atoms with Crippen molar-refractivity contribution in [2.24, 2.45) is 5.18 Å². The zero-order valence-corrected chi connectivity index (χ0v) is 5.52. The predicted molar refractivity (Wildman–Crippen MR) is 33.0 cm³/mol. The number of nitrogens with zero attached hydrogens (tertiary/aromatic N) is 1. The van der Waals surface area contributed by atoms with E-state index in [0.29, 0.717) is 0 Å². The van der Waals surface area contributed by atoms with Gasteiger partial charge in [0.15, 0.2) is 0 Å². The number of nitroso groups, excluding NO2 is 1. The van der Waals surface area contributed by atoms with E-state index >= 15 is 0 Å². The van der Waals surface area contributed by atoms with Crippen LogP contribution in [-0.4, -0.2) is 12.0 Å². The van der Waals surface area contributed by atoms with Crippen LogP contribution in [0.5, 0.6) is 0 Å². The maximum atomic E-state index is 12.4. The Kier molecular flexibility index (Phi) is 1.97. The van der Waals surface area contributed by atoms with E-state index in [1.807, 2.05) is 0 Å². The van der Waals surface area contributed by atoms with Gasteiger partial charge in [0.1, 0.15) is 0 Å². The summed E-state index contributed by atoms with van der Waals surface area (Å²) < 4.78 is 24.7. The Morgan fingerprint density at radius 3 is 2.20 bits per heavy atom. The zero-order valence-electron chi connectivity index (χ0n) is 5.52. The Balaban J connectivity index is 2.38. The molecule has 0 amide bonds. The van der Waals surface area contributed by atoms with Gasteiger partial charge in [0.25, 0.3) is 0 Å². The van der Waals surface area contributed by atoms with E-state index in [2.05, 4.69) is 5.18 Å². The van der Waals surface area contributed by atoms with Gasteiger partial charge in [-0.15, -0.1) is 0 Å². The summed E-state index contributed by atoms with van der Waals surface area (Å²) in [6.07, 6.45) is 0.139. The number of rotatable bonds is 1. The van der Waals surface area contributed by atoms with Crippen LogP contribution < -0.4 is 0 Å². The Hall–Kier alpha value is -0.540. The van der Waals surface area contributed by atoms with Crippen molar-refractivity contribution in [2.75, 3.05) is 0 Å². The van der Waals surface area contributed by atoms with E-state index in [4.69, 9.17) is 0 Å². The predicted octanol–water partition coefficient (Wildman–Crippen LogP) is 2.33. The summed E-state index contributed by atoms with van der Waals surface area (Å²) in [5.41, 5.74) is 0. The molecule has 1 aliphatic rings. The molecule has 1 fully saturated rings. The Bertz CT molecular complexity index is 128. The molecule has 0 atom stereocenters. The first-order valence-corrected chi connectivity index (χ1v) is 3.34. The van der Waals surface area contributed by atoms with E-state index in [1.54, 1.807) is 0 Å². The van der Waals surface area contributed by atoms with Gasteiger partial charge >= 0.3 is 0 Å². The van der Waals surface area contributed by atoms with Crippen LogP contribution in [0.3, 0.4) is 0 Å². The Morgan fingerprint density at radius 2 is 1.80 bits per heavy atom. The van der Waals surface area contributed by atoms with Crippen LogP contribution in [0.15, 0.2) is 5.18 Å². The molecule has 58 valence electrons. The van der Waals surface area contributed by atoms with Gasteiger partial charge in [0.2, 0.25) is 5.92 Å². The van der Waals surface area contributed by atoms with Gasteiger partial charge in [0, 0.05) is 12.8 Å². The molecule has 0 aromatic carbocycles. The largest absolute Gasteiger partial charge is 0.248 e. The van der Waals surface area contributed by atoms with Gasteiger partial charge in [-0.05, 0) is 12.8 Å². The molecule has 2 nitrogen and oxygen atoms in total. The van der Waals surface area contributed by atoms with E-state index in [9.17, 15) is 13.7 Å². The molecule has 1 aliphatic carbocycles. The second kappa shape index (κ2) is 2.60. The van der Waals surface area contributed by atoms with Gasteiger partial charge in [-0.25, -0.2) is 8.78 Å².